The van der Waals surface area contributed by atoms with Crippen LogP contribution in [0.4, 0.5) is 0 Å². The lowest BCUT2D eigenvalue weighted by molar-refractivity contribution is 0.0549. The highest BCUT2D eigenvalue weighted by Gasteiger charge is 2.32. The van der Waals surface area contributed by atoms with Gasteiger partial charge in [0.2, 0.25) is 0 Å². The first-order valence-corrected chi connectivity index (χ1v) is 9.53. The van der Waals surface area contributed by atoms with E-state index in [0.29, 0.717) is 27.2 Å². The summed E-state index contributed by atoms with van der Waals surface area (Å²) in [4.78, 5) is 25.4. The molecule has 3 rings (SSSR count). The van der Waals surface area contributed by atoms with Gasteiger partial charge in [-0.1, -0.05) is 18.2 Å². The Bertz CT molecular complexity index is 1090. The van der Waals surface area contributed by atoms with Crippen LogP contribution < -0.4 is 9.47 Å². The Kier molecular flexibility index (Phi) is 6.41. The van der Waals surface area contributed by atoms with Crippen LogP contribution in [-0.4, -0.2) is 50.2 Å². The van der Waals surface area contributed by atoms with E-state index < -0.39 is 11.9 Å². The first-order chi connectivity index (χ1) is 14.5. The van der Waals surface area contributed by atoms with Gasteiger partial charge in [0.25, 0.3) is 0 Å². The zero-order valence-corrected chi connectivity index (χ0v) is 18.3. The third-order valence-electron chi connectivity index (χ3n) is 4.38. The molecule has 0 bridgehead atoms. The maximum absolute atomic E-state index is 12.7. The number of benzene rings is 2. The number of esters is 2. The Morgan fingerprint density at radius 3 is 2.07 bits per heavy atom. The fourth-order valence-corrected chi connectivity index (χ4v) is 3.49. The Labute approximate surface area is 181 Å². The maximum Gasteiger partial charge on any atom is 0.357 e. The molecule has 0 amide bonds. The van der Waals surface area contributed by atoms with Gasteiger partial charge in [-0.25, -0.2) is 14.3 Å². The standard InChI is InChI=1S/C21H19BrN2O6/c1-27-15-10-13(14(22)11-16(15)28-2)18-17(20(25)29-3)19(21(26)30-4)24(23-18)12-8-6-5-7-9-12/h5-11H,1-4H3. The summed E-state index contributed by atoms with van der Waals surface area (Å²) in [6.07, 6.45) is 0. The molecule has 0 radical (unpaired) electrons. The van der Waals surface area contributed by atoms with Crippen molar-refractivity contribution >= 4 is 27.9 Å². The molecule has 156 valence electrons. The van der Waals surface area contributed by atoms with Gasteiger partial charge in [0.1, 0.15) is 11.3 Å². The van der Waals surface area contributed by atoms with Gasteiger partial charge in [0, 0.05) is 10.0 Å². The van der Waals surface area contributed by atoms with Crippen LogP contribution in [0.3, 0.4) is 0 Å². The molecule has 0 N–H and O–H groups in total. The van der Waals surface area contributed by atoms with Crippen molar-refractivity contribution in [3.63, 3.8) is 0 Å². The third-order valence-corrected chi connectivity index (χ3v) is 5.04. The van der Waals surface area contributed by atoms with Crippen LogP contribution in [0.25, 0.3) is 16.9 Å². The SMILES string of the molecule is COC(=O)c1c(-c2cc(OC)c(OC)cc2Br)nn(-c2ccccc2)c1C(=O)OC. The van der Waals surface area contributed by atoms with Gasteiger partial charge in [-0.05, 0) is 40.2 Å². The average Bonchev–Trinajstić information content (AvgIpc) is 3.18. The number of para-hydroxylation sites is 1. The molecule has 0 atom stereocenters. The highest BCUT2D eigenvalue weighted by molar-refractivity contribution is 9.10. The molecule has 1 heterocycles. The Balaban J connectivity index is 2.39. The van der Waals surface area contributed by atoms with E-state index in [9.17, 15) is 9.59 Å². The monoisotopic (exact) mass is 474 g/mol. The van der Waals surface area contributed by atoms with Crippen molar-refractivity contribution in [3.8, 4) is 28.4 Å². The van der Waals surface area contributed by atoms with Gasteiger partial charge in [0.15, 0.2) is 17.2 Å². The summed E-state index contributed by atoms with van der Waals surface area (Å²) in [5.74, 6) is -0.535. The molecular formula is C21H19BrN2O6. The zero-order chi connectivity index (χ0) is 21.8. The van der Waals surface area contributed by atoms with Crippen molar-refractivity contribution in [2.75, 3.05) is 28.4 Å². The molecule has 0 spiro atoms. The molecule has 0 aliphatic rings. The van der Waals surface area contributed by atoms with Crippen molar-refractivity contribution in [2.24, 2.45) is 0 Å². The molecule has 0 aliphatic carbocycles. The molecule has 0 aliphatic heterocycles. The van der Waals surface area contributed by atoms with E-state index >= 15 is 0 Å². The summed E-state index contributed by atoms with van der Waals surface area (Å²) in [7, 11) is 5.48. The van der Waals surface area contributed by atoms with E-state index in [-0.39, 0.29) is 17.0 Å². The van der Waals surface area contributed by atoms with Crippen LogP contribution in [0.1, 0.15) is 20.8 Å². The van der Waals surface area contributed by atoms with Crippen molar-refractivity contribution < 1.29 is 28.5 Å². The van der Waals surface area contributed by atoms with Crippen LogP contribution in [0.2, 0.25) is 0 Å². The van der Waals surface area contributed by atoms with Crippen LogP contribution in [-0.2, 0) is 9.47 Å². The van der Waals surface area contributed by atoms with Gasteiger partial charge in [-0.2, -0.15) is 5.10 Å². The van der Waals surface area contributed by atoms with E-state index in [1.54, 1.807) is 36.4 Å². The molecule has 0 unspecified atom stereocenters. The summed E-state index contributed by atoms with van der Waals surface area (Å²) in [6, 6.07) is 12.3. The number of methoxy groups -OCH3 is 4. The zero-order valence-electron chi connectivity index (χ0n) is 16.8. The summed E-state index contributed by atoms with van der Waals surface area (Å²) >= 11 is 3.48. The lowest BCUT2D eigenvalue weighted by Crippen LogP contribution is -2.15. The van der Waals surface area contributed by atoms with Gasteiger partial charge in [-0.3, -0.25) is 0 Å². The van der Waals surface area contributed by atoms with Crippen LogP contribution >= 0.6 is 15.9 Å². The normalized spacial score (nSPS) is 10.4. The van der Waals surface area contributed by atoms with E-state index in [0.717, 1.165) is 0 Å². The highest BCUT2D eigenvalue weighted by Crippen LogP contribution is 2.40. The number of ether oxygens (including phenoxy) is 4. The van der Waals surface area contributed by atoms with Crippen molar-refractivity contribution in [1.82, 2.24) is 9.78 Å². The molecule has 0 saturated carbocycles. The van der Waals surface area contributed by atoms with E-state index in [2.05, 4.69) is 21.0 Å². The first-order valence-electron chi connectivity index (χ1n) is 8.73. The number of carbonyl (C=O) groups is 2. The smallest absolute Gasteiger partial charge is 0.357 e. The lowest BCUT2D eigenvalue weighted by atomic mass is 10.0. The molecule has 1 aromatic heterocycles. The number of halogens is 1. The van der Waals surface area contributed by atoms with Gasteiger partial charge >= 0.3 is 11.9 Å². The van der Waals surface area contributed by atoms with Crippen LogP contribution in [0, 0.1) is 0 Å². The Morgan fingerprint density at radius 2 is 1.50 bits per heavy atom. The Hall–Kier alpha value is -3.33. The number of nitrogens with zero attached hydrogens (tertiary/aromatic N) is 2. The molecule has 3 aromatic rings. The fourth-order valence-electron chi connectivity index (χ4n) is 2.98. The van der Waals surface area contributed by atoms with Gasteiger partial charge < -0.3 is 18.9 Å². The van der Waals surface area contributed by atoms with Gasteiger partial charge in [-0.15, -0.1) is 0 Å². The number of carbonyl (C=O) groups excluding carboxylic acids is 2. The molecular weight excluding hydrogens is 456 g/mol. The summed E-state index contributed by atoms with van der Waals surface area (Å²) in [6.45, 7) is 0. The van der Waals surface area contributed by atoms with E-state index in [4.69, 9.17) is 18.9 Å². The fraction of sp³-hybridized carbons (Fsp3) is 0.190. The van der Waals surface area contributed by atoms with E-state index in [1.807, 2.05) is 6.07 Å². The van der Waals surface area contributed by atoms with Crippen molar-refractivity contribution in [3.05, 3.63) is 58.2 Å². The molecule has 0 fully saturated rings. The summed E-state index contributed by atoms with van der Waals surface area (Å²) in [5.41, 5.74) is 1.23. The quantitative estimate of drug-likeness (QED) is 0.500. The highest BCUT2D eigenvalue weighted by atomic mass is 79.9. The van der Waals surface area contributed by atoms with Crippen LogP contribution in [0.15, 0.2) is 46.9 Å². The molecule has 8 nitrogen and oxygen atoms in total. The molecule has 9 heteroatoms. The Morgan fingerprint density at radius 1 is 0.900 bits per heavy atom. The second-order valence-corrected chi connectivity index (χ2v) is 6.84. The summed E-state index contributed by atoms with van der Waals surface area (Å²) in [5, 5.41) is 4.57. The number of hydrogen-bond donors (Lipinski definition) is 0. The molecule has 2 aromatic carbocycles. The largest absolute Gasteiger partial charge is 0.493 e. The van der Waals surface area contributed by atoms with Crippen LogP contribution in [0.5, 0.6) is 11.5 Å². The minimum atomic E-state index is -0.728. The third kappa shape index (κ3) is 3.76. The number of hydrogen-bond acceptors (Lipinski definition) is 7. The minimum absolute atomic E-state index is 0.0267. The molecule has 30 heavy (non-hydrogen) atoms. The number of rotatable bonds is 6. The predicted molar refractivity (Wildman–Crippen MR) is 112 cm³/mol. The second kappa shape index (κ2) is 9.00. The average molecular weight is 475 g/mol. The minimum Gasteiger partial charge on any atom is -0.493 e. The first kappa shape index (κ1) is 21.4. The van der Waals surface area contributed by atoms with E-state index in [1.165, 1.54) is 33.1 Å². The van der Waals surface area contributed by atoms with Crippen molar-refractivity contribution in [1.29, 1.82) is 0 Å². The topological polar surface area (TPSA) is 88.9 Å². The molecule has 0 saturated heterocycles. The number of aromatic nitrogens is 2. The second-order valence-electron chi connectivity index (χ2n) is 5.99. The van der Waals surface area contributed by atoms with Crippen molar-refractivity contribution in [2.45, 2.75) is 0 Å². The maximum atomic E-state index is 12.7. The predicted octanol–water partition coefficient (Wildman–Crippen LogP) is 3.89. The summed E-state index contributed by atoms with van der Waals surface area (Å²) < 4.78 is 22.5. The van der Waals surface area contributed by atoms with Gasteiger partial charge in [0.05, 0.1) is 34.1 Å². The lowest BCUT2D eigenvalue weighted by Gasteiger charge is -2.11.